The van der Waals surface area contributed by atoms with Crippen LogP contribution in [0.4, 0.5) is 0 Å². The Labute approximate surface area is 140 Å². The van der Waals surface area contributed by atoms with E-state index in [1.807, 2.05) is 44.2 Å². The van der Waals surface area contributed by atoms with Crippen LogP contribution in [0.2, 0.25) is 0 Å². The van der Waals surface area contributed by atoms with Crippen molar-refractivity contribution in [3.8, 4) is 11.3 Å². The van der Waals surface area contributed by atoms with Gasteiger partial charge in [-0.05, 0) is 48.6 Å². The largest absolute Gasteiger partial charge is 0.437 e. The molecule has 0 aliphatic heterocycles. The summed E-state index contributed by atoms with van der Waals surface area (Å²) in [6.45, 7) is 1.37. The van der Waals surface area contributed by atoms with E-state index in [0.29, 0.717) is 17.0 Å². The van der Waals surface area contributed by atoms with E-state index in [9.17, 15) is 0 Å². The number of furan rings is 1. The maximum Gasteiger partial charge on any atom is 0.227 e. The van der Waals surface area contributed by atoms with E-state index >= 15 is 0 Å². The third-order valence-corrected chi connectivity index (χ3v) is 3.98. The zero-order valence-electron chi connectivity index (χ0n) is 16.9. The summed E-state index contributed by atoms with van der Waals surface area (Å²) in [5.74, 6) is -0.740. The van der Waals surface area contributed by atoms with Gasteiger partial charge in [0.25, 0.3) is 0 Å². The van der Waals surface area contributed by atoms with Gasteiger partial charge in [-0.1, -0.05) is 26.0 Å². The molecule has 0 N–H and O–H groups in total. The summed E-state index contributed by atoms with van der Waals surface area (Å²) in [6.07, 6.45) is 1.69. The Morgan fingerprint density at radius 3 is 2.87 bits per heavy atom. The van der Waals surface area contributed by atoms with Crippen LogP contribution < -0.4 is 0 Å². The zero-order valence-corrected chi connectivity index (χ0v) is 12.9. The molecule has 0 aliphatic carbocycles. The van der Waals surface area contributed by atoms with Gasteiger partial charge in [0.1, 0.15) is 5.58 Å². The van der Waals surface area contributed by atoms with Gasteiger partial charge in [0, 0.05) is 33.7 Å². The fraction of sp³-hybridized carbons (Fsp3) is 0.200. The number of nitrogens with zero attached hydrogens (tertiary/aromatic N) is 2. The monoisotopic (exact) mass is 306 g/mol. The minimum Gasteiger partial charge on any atom is -0.437 e. The van der Waals surface area contributed by atoms with Crippen LogP contribution in [0.15, 0.2) is 53.1 Å². The molecule has 0 atom stereocenters. The molecular formula is C20H18N2O. The number of para-hydroxylation sites is 1. The first-order valence-electron chi connectivity index (χ1n) is 9.44. The van der Waals surface area contributed by atoms with Crippen LogP contribution in [0.3, 0.4) is 0 Å². The lowest BCUT2D eigenvalue weighted by molar-refractivity contribution is 0.653. The second kappa shape index (κ2) is 5.20. The average Bonchev–Trinajstić information content (AvgIpc) is 2.98. The van der Waals surface area contributed by atoms with Crippen molar-refractivity contribution in [2.75, 3.05) is 0 Å². The molecule has 3 heterocycles. The molecule has 0 bridgehead atoms. The Morgan fingerprint density at radius 1 is 1.13 bits per heavy atom. The normalized spacial score (nSPS) is 15.2. The topological polar surface area (TPSA) is 38.9 Å². The molecule has 0 saturated heterocycles. The van der Waals surface area contributed by atoms with Crippen molar-refractivity contribution >= 4 is 22.1 Å². The molecule has 3 aromatic heterocycles. The second-order valence-corrected chi connectivity index (χ2v) is 5.76. The lowest BCUT2D eigenvalue weighted by atomic mass is 10.0. The first kappa shape index (κ1) is 10.2. The van der Waals surface area contributed by atoms with E-state index in [0.717, 1.165) is 21.9 Å². The highest BCUT2D eigenvalue weighted by Crippen LogP contribution is 2.35. The lowest BCUT2D eigenvalue weighted by Gasteiger charge is -2.07. The van der Waals surface area contributed by atoms with Crippen molar-refractivity contribution in [2.24, 2.45) is 0 Å². The Bertz CT molecular complexity index is 1160. The predicted molar refractivity (Wildman–Crippen MR) is 93.6 cm³/mol. The van der Waals surface area contributed by atoms with Gasteiger partial charge in [-0.2, -0.15) is 0 Å². The van der Waals surface area contributed by atoms with Crippen molar-refractivity contribution in [1.29, 1.82) is 0 Å². The number of pyridine rings is 2. The summed E-state index contributed by atoms with van der Waals surface area (Å²) in [5.41, 5.74) is 3.24. The highest BCUT2D eigenvalue weighted by molar-refractivity contribution is 6.08. The quantitative estimate of drug-likeness (QED) is 0.492. The van der Waals surface area contributed by atoms with Gasteiger partial charge in [-0.15, -0.1) is 0 Å². The van der Waals surface area contributed by atoms with Crippen molar-refractivity contribution in [3.63, 3.8) is 0 Å². The molecule has 23 heavy (non-hydrogen) atoms. The SMILES string of the molecule is [2H]C([2H])([2H])c1ccc2c(n1)oc1c(-c3cc(C([2H])(C)C)ccn3)cccc12. The highest BCUT2D eigenvalue weighted by atomic mass is 16.3. The molecule has 4 rings (SSSR count). The van der Waals surface area contributed by atoms with Gasteiger partial charge in [0.15, 0.2) is 0 Å². The summed E-state index contributed by atoms with van der Waals surface area (Å²) in [7, 11) is 0. The number of aromatic nitrogens is 2. The van der Waals surface area contributed by atoms with Crippen LogP contribution in [0, 0.1) is 6.85 Å². The minimum absolute atomic E-state index is 0.00619. The molecule has 0 amide bonds. The molecule has 3 nitrogen and oxygen atoms in total. The number of rotatable bonds is 2. The predicted octanol–water partition coefficient (Wildman–Crippen LogP) is 5.47. The van der Waals surface area contributed by atoms with Gasteiger partial charge >= 0.3 is 0 Å². The van der Waals surface area contributed by atoms with Crippen molar-refractivity contribution in [1.82, 2.24) is 9.97 Å². The Hall–Kier alpha value is -2.68. The first-order valence-corrected chi connectivity index (χ1v) is 7.44. The molecule has 0 spiro atoms. The van der Waals surface area contributed by atoms with E-state index in [2.05, 4.69) is 9.97 Å². The summed E-state index contributed by atoms with van der Waals surface area (Å²) in [4.78, 5) is 8.64. The van der Waals surface area contributed by atoms with Crippen molar-refractivity contribution in [2.45, 2.75) is 26.6 Å². The van der Waals surface area contributed by atoms with Crippen LogP contribution >= 0.6 is 0 Å². The van der Waals surface area contributed by atoms with Gasteiger partial charge < -0.3 is 4.42 Å². The smallest absolute Gasteiger partial charge is 0.227 e. The molecule has 114 valence electrons. The Kier molecular flexibility index (Phi) is 2.30. The number of aryl methyl sites for hydroxylation is 1. The molecule has 0 unspecified atom stereocenters. The van der Waals surface area contributed by atoms with E-state index in [1.165, 1.54) is 6.07 Å². The highest BCUT2D eigenvalue weighted by Gasteiger charge is 2.14. The fourth-order valence-electron chi connectivity index (χ4n) is 2.77. The minimum atomic E-state index is -2.29. The van der Waals surface area contributed by atoms with E-state index in [1.54, 1.807) is 12.3 Å². The second-order valence-electron chi connectivity index (χ2n) is 5.76. The molecule has 0 radical (unpaired) electrons. The average molecular weight is 306 g/mol. The standard InChI is InChI=1S/C20H18N2O/c1-12(2)14-9-10-21-18(11-14)17-6-4-5-15-16-8-7-13(3)22-20(16)23-19(15)17/h4-12H,1-3H3/i3D3,12D. The van der Waals surface area contributed by atoms with Gasteiger partial charge in [0.05, 0.1) is 5.69 Å². The third-order valence-electron chi connectivity index (χ3n) is 3.98. The zero-order chi connectivity index (χ0) is 19.4. The molecule has 0 saturated carbocycles. The Balaban J connectivity index is 1.95. The number of hydrogen-bond donors (Lipinski definition) is 0. The third kappa shape index (κ3) is 2.29. The Morgan fingerprint density at radius 2 is 2.04 bits per heavy atom. The molecule has 3 heteroatoms. The lowest BCUT2D eigenvalue weighted by Crippen LogP contribution is -1.90. The molecule has 4 aromatic rings. The summed E-state index contributed by atoms with van der Waals surface area (Å²) in [6, 6.07) is 12.7. The summed E-state index contributed by atoms with van der Waals surface area (Å²) >= 11 is 0. The van der Waals surface area contributed by atoms with Crippen LogP contribution in [-0.2, 0) is 0 Å². The number of fused-ring (bicyclic) bond motifs is 3. The van der Waals surface area contributed by atoms with Crippen LogP contribution in [0.1, 0.15) is 36.5 Å². The molecule has 0 aliphatic rings. The molecular weight excluding hydrogens is 284 g/mol. The number of benzene rings is 1. The maximum atomic E-state index is 8.25. The first-order chi connectivity index (χ1) is 12.6. The maximum absolute atomic E-state index is 8.25. The van der Waals surface area contributed by atoms with Gasteiger partial charge in [-0.25, -0.2) is 4.98 Å². The summed E-state index contributed by atoms with van der Waals surface area (Å²) < 4.78 is 36.8. The van der Waals surface area contributed by atoms with E-state index < -0.39 is 12.7 Å². The summed E-state index contributed by atoms with van der Waals surface area (Å²) in [5, 5.41) is 1.61. The van der Waals surface area contributed by atoms with E-state index in [-0.39, 0.29) is 5.69 Å². The molecule has 0 fully saturated rings. The van der Waals surface area contributed by atoms with Gasteiger partial charge in [-0.3, -0.25) is 4.98 Å². The van der Waals surface area contributed by atoms with Crippen molar-refractivity contribution in [3.05, 3.63) is 59.9 Å². The van der Waals surface area contributed by atoms with Crippen LogP contribution in [-0.4, -0.2) is 9.97 Å². The van der Waals surface area contributed by atoms with E-state index in [4.69, 9.17) is 9.90 Å². The van der Waals surface area contributed by atoms with Crippen LogP contribution in [0.5, 0.6) is 0 Å². The molecule has 1 aromatic carbocycles. The van der Waals surface area contributed by atoms with Gasteiger partial charge in [0.2, 0.25) is 5.71 Å². The van der Waals surface area contributed by atoms with Crippen molar-refractivity contribution < 1.29 is 9.90 Å². The fourth-order valence-corrected chi connectivity index (χ4v) is 2.77. The van der Waals surface area contributed by atoms with Crippen LogP contribution in [0.25, 0.3) is 33.3 Å². The number of hydrogen-bond acceptors (Lipinski definition) is 3.